The quantitative estimate of drug-likeness (QED) is 0.0662. The topological polar surface area (TPSA) is 116 Å². The van der Waals surface area contributed by atoms with Crippen molar-refractivity contribution in [2.75, 3.05) is 40.0 Å². The summed E-state index contributed by atoms with van der Waals surface area (Å²) in [5.41, 5.74) is 3.88. The maximum atomic E-state index is 11.8. The summed E-state index contributed by atoms with van der Waals surface area (Å²) in [7, 11) is 1.29. The Kier molecular flexibility index (Phi) is 12.2. The van der Waals surface area contributed by atoms with Gasteiger partial charge in [0.25, 0.3) is 0 Å². The number of benzene rings is 4. The lowest BCUT2D eigenvalue weighted by Crippen LogP contribution is -2.44. The van der Waals surface area contributed by atoms with Crippen LogP contribution in [0.3, 0.4) is 0 Å². The predicted octanol–water partition coefficient (Wildman–Crippen LogP) is 6.63. The average Bonchev–Trinajstić information content (AvgIpc) is 3.09. The fourth-order valence-electron chi connectivity index (χ4n) is 5.79. The van der Waals surface area contributed by atoms with Crippen molar-refractivity contribution in [2.45, 2.75) is 31.8 Å². The Labute approximate surface area is 274 Å². The van der Waals surface area contributed by atoms with Crippen molar-refractivity contribution in [3.05, 3.63) is 114 Å². The number of hydrogen-bond acceptors (Lipinski definition) is 9. The van der Waals surface area contributed by atoms with Crippen LogP contribution in [0.1, 0.15) is 35.4 Å². The Morgan fingerprint density at radius 2 is 1.66 bits per heavy atom. The first-order valence-electron chi connectivity index (χ1n) is 15.7. The number of carboxylic acid groups (broad SMARTS) is 1. The van der Waals surface area contributed by atoms with E-state index in [2.05, 4.69) is 29.4 Å². The largest absolute Gasteiger partial charge is 0.525 e. The minimum Gasteiger partial charge on any atom is -0.494 e. The molecule has 1 heterocycles. The molecule has 0 saturated carbocycles. The zero-order valence-electron chi connectivity index (χ0n) is 26.5. The summed E-state index contributed by atoms with van der Waals surface area (Å²) in [4.78, 5) is 33.8. The number of oxime groups is 1. The highest BCUT2D eigenvalue weighted by atomic mass is 16.8. The van der Waals surface area contributed by atoms with Crippen LogP contribution in [-0.2, 0) is 37.0 Å². The van der Waals surface area contributed by atoms with Crippen molar-refractivity contribution < 1.29 is 38.6 Å². The molecule has 47 heavy (non-hydrogen) atoms. The Morgan fingerprint density at radius 1 is 0.894 bits per heavy atom. The van der Waals surface area contributed by atoms with Gasteiger partial charge in [-0.3, -0.25) is 0 Å². The molecule has 1 aliphatic rings. The molecule has 0 amide bonds. The van der Waals surface area contributed by atoms with Gasteiger partial charge in [0.1, 0.15) is 5.75 Å². The third kappa shape index (κ3) is 10.0. The molecular formula is C37H40N2O8. The fraction of sp³-hybridized carbons (Fsp3) is 0.324. The number of carbonyl (C=O) groups excluding carboxylic acids is 1. The molecule has 0 aliphatic carbocycles. The van der Waals surface area contributed by atoms with E-state index in [9.17, 15) is 14.7 Å². The first-order valence-corrected chi connectivity index (χ1v) is 15.7. The standard InChI is InChI=1S/C37H40N2O8/c1-43-36(40)26-46-38-35(23-28-12-13-29-10-5-6-11-31(29)22-28)34-24-39(47-37(41)42)19-18-33(34)30-14-16-32(17-15-30)45-21-7-20-44-25-27-8-3-2-4-9-27/h2-6,8-17,22,33-34H,7,18-21,23-26H2,1H3,(H,41,42)/b38-35-. The number of carbonyl (C=O) groups is 2. The molecule has 1 aliphatic heterocycles. The van der Waals surface area contributed by atoms with Gasteiger partial charge in [0, 0.05) is 31.8 Å². The molecule has 0 spiro atoms. The lowest BCUT2D eigenvalue weighted by Gasteiger charge is -2.37. The summed E-state index contributed by atoms with van der Waals surface area (Å²) in [6.45, 7) is 2.05. The Hall–Kier alpha value is -4.93. The van der Waals surface area contributed by atoms with E-state index >= 15 is 0 Å². The highest BCUT2D eigenvalue weighted by molar-refractivity contribution is 5.91. The molecule has 4 aromatic rings. The number of methoxy groups -OCH3 is 1. The molecule has 10 nitrogen and oxygen atoms in total. The van der Waals surface area contributed by atoms with E-state index in [1.54, 1.807) is 0 Å². The average molecular weight is 641 g/mol. The molecule has 4 aromatic carbocycles. The van der Waals surface area contributed by atoms with Crippen molar-refractivity contribution in [3.8, 4) is 5.75 Å². The fourth-order valence-corrected chi connectivity index (χ4v) is 5.79. The number of fused-ring (bicyclic) bond motifs is 1. The van der Waals surface area contributed by atoms with Gasteiger partial charge in [-0.2, -0.15) is 0 Å². The highest BCUT2D eigenvalue weighted by Gasteiger charge is 2.36. The number of hydroxylamine groups is 2. The van der Waals surface area contributed by atoms with Crippen LogP contribution in [0.5, 0.6) is 5.75 Å². The highest BCUT2D eigenvalue weighted by Crippen LogP contribution is 2.36. The summed E-state index contributed by atoms with van der Waals surface area (Å²) >= 11 is 0. The van der Waals surface area contributed by atoms with E-state index < -0.39 is 12.1 Å². The van der Waals surface area contributed by atoms with Crippen LogP contribution in [0.4, 0.5) is 4.79 Å². The van der Waals surface area contributed by atoms with Crippen LogP contribution >= 0.6 is 0 Å². The first kappa shape index (κ1) is 33.4. The van der Waals surface area contributed by atoms with Crippen molar-refractivity contribution in [2.24, 2.45) is 11.1 Å². The van der Waals surface area contributed by atoms with E-state index in [1.807, 2.05) is 72.8 Å². The normalized spacial score (nSPS) is 16.8. The second-order valence-electron chi connectivity index (χ2n) is 11.3. The second kappa shape index (κ2) is 17.1. The van der Waals surface area contributed by atoms with E-state index in [4.69, 9.17) is 23.9 Å². The minimum atomic E-state index is -1.37. The summed E-state index contributed by atoms with van der Waals surface area (Å²) in [6.07, 6.45) is 0.439. The summed E-state index contributed by atoms with van der Waals surface area (Å²) in [6, 6.07) is 32.3. The third-order valence-corrected chi connectivity index (χ3v) is 8.12. The minimum absolute atomic E-state index is 0.0231. The Bertz CT molecular complexity index is 1630. The van der Waals surface area contributed by atoms with Gasteiger partial charge in [-0.15, -0.1) is 5.06 Å². The molecule has 1 saturated heterocycles. The number of esters is 1. The van der Waals surface area contributed by atoms with E-state index in [-0.39, 0.29) is 25.0 Å². The molecule has 1 N–H and O–H groups in total. The van der Waals surface area contributed by atoms with E-state index in [0.29, 0.717) is 44.9 Å². The van der Waals surface area contributed by atoms with Crippen molar-refractivity contribution in [1.29, 1.82) is 0 Å². The van der Waals surface area contributed by atoms with Gasteiger partial charge in [0.15, 0.2) is 0 Å². The van der Waals surface area contributed by atoms with Crippen LogP contribution < -0.4 is 4.74 Å². The summed E-state index contributed by atoms with van der Waals surface area (Å²) in [5.74, 6) is -0.0922. The SMILES string of the molecule is COC(=O)CO/N=C(/Cc1ccc2ccccc2c1)C1CN(OC(=O)O)CCC1c1ccc(OCCCOCc2ccccc2)cc1. The lowest BCUT2D eigenvalue weighted by atomic mass is 9.77. The Morgan fingerprint density at radius 3 is 2.43 bits per heavy atom. The van der Waals surface area contributed by atoms with Gasteiger partial charge in [0.2, 0.25) is 6.61 Å². The lowest BCUT2D eigenvalue weighted by molar-refractivity contribution is -0.146. The van der Waals surface area contributed by atoms with Crippen LogP contribution in [-0.4, -0.2) is 68.0 Å². The van der Waals surface area contributed by atoms with Gasteiger partial charge in [-0.05, 0) is 51.9 Å². The monoisotopic (exact) mass is 640 g/mol. The molecule has 246 valence electrons. The number of rotatable bonds is 15. The molecule has 2 atom stereocenters. The number of hydrogen-bond donors (Lipinski definition) is 1. The molecule has 0 bridgehead atoms. The van der Waals surface area contributed by atoms with E-state index in [1.165, 1.54) is 12.2 Å². The molecule has 5 rings (SSSR count). The molecule has 10 heteroatoms. The molecular weight excluding hydrogens is 600 g/mol. The number of ether oxygens (including phenoxy) is 3. The predicted molar refractivity (Wildman–Crippen MR) is 177 cm³/mol. The van der Waals surface area contributed by atoms with Gasteiger partial charge >= 0.3 is 12.1 Å². The zero-order chi connectivity index (χ0) is 32.8. The smallest absolute Gasteiger partial charge is 0.494 e. The van der Waals surface area contributed by atoms with Crippen molar-refractivity contribution in [3.63, 3.8) is 0 Å². The van der Waals surface area contributed by atoms with Gasteiger partial charge in [-0.1, -0.05) is 90.1 Å². The first-order chi connectivity index (χ1) is 23.0. The molecule has 1 fully saturated rings. The number of piperidine rings is 1. The molecule has 0 radical (unpaired) electrons. The summed E-state index contributed by atoms with van der Waals surface area (Å²) in [5, 5.41) is 17.5. The summed E-state index contributed by atoms with van der Waals surface area (Å²) < 4.78 is 16.5. The van der Waals surface area contributed by atoms with Crippen LogP contribution in [0, 0.1) is 5.92 Å². The van der Waals surface area contributed by atoms with Crippen LogP contribution in [0.15, 0.2) is 102 Å². The number of nitrogens with zero attached hydrogens (tertiary/aromatic N) is 2. The van der Waals surface area contributed by atoms with Gasteiger partial charge < -0.3 is 29.0 Å². The van der Waals surface area contributed by atoms with E-state index in [0.717, 1.165) is 39.6 Å². The Balaban J connectivity index is 1.29. The second-order valence-corrected chi connectivity index (χ2v) is 11.3. The third-order valence-electron chi connectivity index (χ3n) is 8.12. The molecule has 2 unspecified atom stereocenters. The zero-order valence-corrected chi connectivity index (χ0v) is 26.5. The van der Waals surface area contributed by atoms with Crippen LogP contribution in [0.25, 0.3) is 10.8 Å². The van der Waals surface area contributed by atoms with Crippen molar-refractivity contribution >= 4 is 28.6 Å². The van der Waals surface area contributed by atoms with Crippen LogP contribution in [0.2, 0.25) is 0 Å². The molecule has 0 aromatic heterocycles. The van der Waals surface area contributed by atoms with Crippen molar-refractivity contribution in [1.82, 2.24) is 5.06 Å². The van der Waals surface area contributed by atoms with Gasteiger partial charge in [0.05, 0.1) is 32.6 Å². The maximum Gasteiger partial charge on any atom is 0.525 e. The maximum absolute atomic E-state index is 11.8. The van der Waals surface area contributed by atoms with Gasteiger partial charge in [-0.25, -0.2) is 9.59 Å².